The Balaban J connectivity index is 2.02. The molecule has 0 unspecified atom stereocenters. The van der Waals surface area contributed by atoms with Gasteiger partial charge in [-0.1, -0.05) is 0 Å². The molecule has 0 fully saturated rings. The number of aromatic nitrogens is 1. The van der Waals surface area contributed by atoms with Gasteiger partial charge in [-0.3, -0.25) is 0 Å². The molecule has 1 heterocycles. The number of rotatable bonds is 7. The third-order valence-electron chi connectivity index (χ3n) is 2.47. The van der Waals surface area contributed by atoms with Gasteiger partial charge in [-0.05, 0) is 25.1 Å². The van der Waals surface area contributed by atoms with Crippen molar-refractivity contribution < 1.29 is 9.47 Å². The molecule has 0 aliphatic heterocycles. The van der Waals surface area contributed by atoms with Crippen LogP contribution in [0.3, 0.4) is 0 Å². The first-order valence-electron chi connectivity index (χ1n) is 6.05. The second-order valence-electron chi connectivity index (χ2n) is 3.84. The Morgan fingerprint density at radius 2 is 2.28 bits per heavy atom. The van der Waals surface area contributed by atoms with E-state index in [-0.39, 0.29) is 0 Å². The maximum atomic E-state index is 5.48. The van der Waals surface area contributed by atoms with Crippen LogP contribution >= 0.6 is 11.3 Å². The van der Waals surface area contributed by atoms with E-state index in [1.165, 1.54) is 4.70 Å². The van der Waals surface area contributed by atoms with Gasteiger partial charge >= 0.3 is 0 Å². The summed E-state index contributed by atoms with van der Waals surface area (Å²) in [4.78, 5) is 4.57. The van der Waals surface area contributed by atoms with Gasteiger partial charge < -0.3 is 14.8 Å². The van der Waals surface area contributed by atoms with Crippen LogP contribution in [0.1, 0.15) is 11.9 Å². The van der Waals surface area contributed by atoms with Crippen LogP contribution in [0.2, 0.25) is 0 Å². The Morgan fingerprint density at radius 1 is 1.39 bits per heavy atom. The summed E-state index contributed by atoms with van der Waals surface area (Å²) >= 11 is 1.70. The zero-order chi connectivity index (χ0) is 12.8. The summed E-state index contributed by atoms with van der Waals surface area (Å²) in [6.07, 6.45) is 0. The van der Waals surface area contributed by atoms with Crippen LogP contribution in [-0.2, 0) is 11.3 Å². The Kier molecular flexibility index (Phi) is 4.92. The van der Waals surface area contributed by atoms with E-state index in [1.54, 1.807) is 18.4 Å². The molecular weight excluding hydrogens is 248 g/mol. The van der Waals surface area contributed by atoms with Gasteiger partial charge in [0.1, 0.15) is 10.8 Å². The molecule has 0 aliphatic carbocycles. The van der Waals surface area contributed by atoms with Crippen LogP contribution in [0, 0.1) is 0 Å². The molecular formula is C13H18N2O2S. The number of hydrogen-bond donors (Lipinski definition) is 1. The predicted octanol–water partition coefficient (Wildman–Crippen LogP) is 2.43. The zero-order valence-electron chi connectivity index (χ0n) is 10.7. The summed E-state index contributed by atoms with van der Waals surface area (Å²) < 4.78 is 11.6. The smallest absolute Gasteiger partial charge is 0.120 e. The second-order valence-corrected chi connectivity index (χ2v) is 4.95. The van der Waals surface area contributed by atoms with Gasteiger partial charge in [0.2, 0.25) is 0 Å². The van der Waals surface area contributed by atoms with Crippen molar-refractivity contribution in [1.82, 2.24) is 10.3 Å². The number of nitrogens with zero attached hydrogens (tertiary/aromatic N) is 1. The number of hydrogen-bond acceptors (Lipinski definition) is 5. The van der Waals surface area contributed by atoms with Gasteiger partial charge in [-0.25, -0.2) is 4.98 Å². The van der Waals surface area contributed by atoms with Crippen molar-refractivity contribution in [2.24, 2.45) is 0 Å². The molecule has 2 rings (SSSR count). The van der Waals surface area contributed by atoms with Gasteiger partial charge in [-0.2, -0.15) is 0 Å². The third-order valence-corrected chi connectivity index (χ3v) is 3.49. The summed E-state index contributed by atoms with van der Waals surface area (Å²) in [5.41, 5.74) is 1.03. The van der Waals surface area contributed by atoms with Crippen molar-refractivity contribution >= 4 is 21.6 Å². The fraction of sp³-hybridized carbons (Fsp3) is 0.462. The summed E-state index contributed by atoms with van der Waals surface area (Å²) in [7, 11) is 1.70. The van der Waals surface area contributed by atoms with E-state index in [4.69, 9.17) is 9.47 Å². The molecule has 0 bridgehead atoms. The largest absolute Gasteiger partial charge is 0.494 e. The Morgan fingerprint density at radius 3 is 3.06 bits per heavy atom. The van der Waals surface area contributed by atoms with Gasteiger partial charge in [0.05, 0.1) is 23.4 Å². The van der Waals surface area contributed by atoms with E-state index in [9.17, 15) is 0 Å². The highest BCUT2D eigenvalue weighted by molar-refractivity contribution is 7.18. The average molecular weight is 266 g/mol. The van der Waals surface area contributed by atoms with E-state index < -0.39 is 0 Å². The van der Waals surface area contributed by atoms with E-state index in [1.807, 2.05) is 19.1 Å². The summed E-state index contributed by atoms with van der Waals surface area (Å²) in [5.74, 6) is 0.910. The number of nitrogens with one attached hydrogen (secondary N) is 1. The van der Waals surface area contributed by atoms with Crippen LogP contribution in [0.5, 0.6) is 5.75 Å². The highest BCUT2D eigenvalue weighted by Crippen LogP contribution is 2.26. The zero-order valence-corrected chi connectivity index (χ0v) is 11.5. The third kappa shape index (κ3) is 3.41. The monoisotopic (exact) mass is 266 g/mol. The Labute approximate surface area is 111 Å². The number of fused-ring (bicyclic) bond motifs is 1. The molecule has 1 aromatic heterocycles. The van der Waals surface area contributed by atoms with E-state index in [0.717, 1.165) is 36.0 Å². The lowest BCUT2D eigenvalue weighted by molar-refractivity contribution is 0.199. The summed E-state index contributed by atoms with van der Waals surface area (Å²) in [6.45, 7) is 5.03. The van der Waals surface area contributed by atoms with Gasteiger partial charge in [-0.15, -0.1) is 11.3 Å². The minimum Gasteiger partial charge on any atom is -0.494 e. The Hall–Kier alpha value is -1.17. The first-order chi connectivity index (χ1) is 8.83. The predicted molar refractivity (Wildman–Crippen MR) is 74.4 cm³/mol. The highest BCUT2D eigenvalue weighted by atomic mass is 32.1. The molecule has 0 saturated heterocycles. The fourth-order valence-corrected chi connectivity index (χ4v) is 2.62. The standard InChI is InChI=1S/C13H18N2O2S/c1-3-17-10-4-5-11-12(8-10)18-13(15-11)9-14-6-7-16-2/h4-5,8,14H,3,6-7,9H2,1-2H3. The first kappa shape index (κ1) is 13.3. The number of thiazole rings is 1. The molecule has 0 aliphatic rings. The lowest BCUT2D eigenvalue weighted by Crippen LogP contribution is -2.18. The normalized spacial score (nSPS) is 11.0. The van der Waals surface area contributed by atoms with Crippen molar-refractivity contribution in [2.75, 3.05) is 26.9 Å². The second kappa shape index (κ2) is 6.68. The van der Waals surface area contributed by atoms with Crippen molar-refractivity contribution in [3.63, 3.8) is 0 Å². The minimum absolute atomic E-state index is 0.690. The maximum Gasteiger partial charge on any atom is 0.120 e. The molecule has 0 saturated carbocycles. The van der Waals surface area contributed by atoms with E-state index in [0.29, 0.717) is 6.61 Å². The number of methoxy groups -OCH3 is 1. The van der Waals surface area contributed by atoms with Crippen LogP contribution < -0.4 is 10.1 Å². The van der Waals surface area contributed by atoms with Crippen molar-refractivity contribution in [3.8, 4) is 5.75 Å². The lowest BCUT2D eigenvalue weighted by Gasteiger charge is -2.00. The van der Waals surface area contributed by atoms with Gasteiger partial charge in [0, 0.05) is 20.2 Å². The van der Waals surface area contributed by atoms with Crippen LogP contribution in [-0.4, -0.2) is 31.9 Å². The van der Waals surface area contributed by atoms with E-state index >= 15 is 0 Å². The minimum atomic E-state index is 0.690. The van der Waals surface area contributed by atoms with Gasteiger partial charge in [0.25, 0.3) is 0 Å². The number of ether oxygens (including phenoxy) is 2. The van der Waals surface area contributed by atoms with Crippen molar-refractivity contribution in [2.45, 2.75) is 13.5 Å². The summed E-state index contributed by atoms with van der Waals surface area (Å²) in [6, 6.07) is 6.03. The van der Waals surface area contributed by atoms with Gasteiger partial charge in [0.15, 0.2) is 0 Å². The maximum absolute atomic E-state index is 5.48. The molecule has 4 nitrogen and oxygen atoms in total. The number of benzene rings is 1. The topological polar surface area (TPSA) is 43.4 Å². The molecule has 98 valence electrons. The fourth-order valence-electron chi connectivity index (χ4n) is 1.65. The molecule has 1 aromatic carbocycles. The average Bonchev–Trinajstić information content (AvgIpc) is 2.77. The molecule has 0 radical (unpaired) electrons. The molecule has 0 atom stereocenters. The van der Waals surface area contributed by atoms with Crippen LogP contribution in [0.15, 0.2) is 18.2 Å². The quantitative estimate of drug-likeness (QED) is 0.782. The highest BCUT2D eigenvalue weighted by Gasteiger charge is 2.04. The molecule has 5 heteroatoms. The molecule has 0 amide bonds. The van der Waals surface area contributed by atoms with Crippen molar-refractivity contribution in [1.29, 1.82) is 0 Å². The molecule has 2 aromatic rings. The molecule has 18 heavy (non-hydrogen) atoms. The SMILES string of the molecule is CCOc1ccc2nc(CNCCOC)sc2c1. The molecule has 1 N–H and O–H groups in total. The van der Waals surface area contributed by atoms with E-state index in [2.05, 4.69) is 16.4 Å². The first-order valence-corrected chi connectivity index (χ1v) is 6.87. The molecule has 0 spiro atoms. The van der Waals surface area contributed by atoms with Crippen molar-refractivity contribution in [3.05, 3.63) is 23.2 Å². The van der Waals surface area contributed by atoms with Crippen LogP contribution in [0.4, 0.5) is 0 Å². The Bertz CT molecular complexity index is 499. The summed E-state index contributed by atoms with van der Waals surface area (Å²) in [5, 5.41) is 4.39. The lowest BCUT2D eigenvalue weighted by atomic mass is 10.3. The van der Waals surface area contributed by atoms with Crippen LogP contribution in [0.25, 0.3) is 10.2 Å².